The third kappa shape index (κ3) is 7.47. The third-order valence-corrected chi connectivity index (χ3v) is 4.78. The molecule has 0 spiro atoms. The first-order valence-corrected chi connectivity index (χ1v) is 11.0. The van der Waals surface area contributed by atoms with Crippen molar-refractivity contribution >= 4 is 23.9 Å². The fourth-order valence-corrected chi connectivity index (χ4v) is 3.03. The quantitative estimate of drug-likeness (QED) is 0.0783. The fraction of sp³-hybridized carbons (Fsp3) is 0.478. The Hall–Kier alpha value is -3.59. The Morgan fingerprint density at radius 3 is 1.92 bits per heavy atom. The lowest BCUT2D eigenvalue weighted by atomic mass is 10.2. The number of amides is 3. The van der Waals surface area contributed by atoms with Crippen LogP contribution < -0.4 is 4.74 Å². The largest absolute Gasteiger partial charge is 0.444 e. The van der Waals surface area contributed by atoms with E-state index in [0.717, 1.165) is 17.1 Å². The zero-order valence-electron chi connectivity index (χ0n) is 20.8. The maximum atomic E-state index is 14.1. The highest BCUT2D eigenvalue weighted by Crippen LogP contribution is 2.30. The Balaban J connectivity index is 2.42. The van der Waals surface area contributed by atoms with Gasteiger partial charge in [0, 0.05) is 25.8 Å². The summed E-state index contributed by atoms with van der Waals surface area (Å²) in [6.45, 7) is 3.69. The number of rotatable bonds is 11. The van der Waals surface area contributed by atoms with Gasteiger partial charge >= 0.3 is 12.1 Å². The number of benzene rings is 1. The van der Waals surface area contributed by atoms with Crippen LogP contribution in [0.5, 0.6) is 5.75 Å². The summed E-state index contributed by atoms with van der Waals surface area (Å²) < 4.78 is 88.7. The minimum absolute atomic E-state index is 0.122. The highest BCUT2D eigenvalue weighted by Gasteiger charge is 2.41. The van der Waals surface area contributed by atoms with Crippen LogP contribution in [0, 0.1) is 29.1 Å². The van der Waals surface area contributed by atoms with Gasteiger partial charge in [-0.3, -0.25) is 14.5 Å². The molecule has 0 aliphatic carbocycles. The molecule has 1 atom stereocenters. The lowest BCUT2D eigenvalue weighted by molar-refractivity contribution is -0.152. The van der Waals surface area contributed by atoms with Crippen molar-refractivity contribution in [3.05, 3.63) is 41.2 Å². The molecular formula is C23H25F5N2O8. The van der Waals surface area contributed by atoms with Crippen molar-refractivity contribution in [3.8, 4) is 5.75 Å². The molecule has 0 aromatic heterocycles. The molecule has 1 aromatic rings. The van der Waals surface area contributed by atoms with Gasteiger partial charge in [0.25, 0.3) is 11.8 Å². The van der Waals surface area contributed by atoms with Gasteiger partial charge in [0.1, 0.15) is 5.60 Å². The van der Waals surface area contributed by atoms with Crippen LogP contribution in [-0.4, -0.2) is 85.3 Å². The van der Waals surface area contributed by atoms with Crippen molar-refractivity contribution < 1.29 is 60.1 Å². The summed E-state index contributed by atoms with van der Waals surface area (Å²) in [4.78, 5) is 51.5. The van der Waals surface area contributed by atoms with Crippen LogP contribution in [0.25, 0.3) is 0 Å². The molecule has 1 aliphatic rings. The number of hydrogen-bond acceptors (Lipinski definition) is 8. The number of methoxy groups -OCH3 is 1. The van der Waals surface area contributed by atoms with E-state index < -0.39 is 76.9 Å². The van der Waals surface area contributed by atoms with Crippen LogP contribution in [0.1, 0.15) is 20.8 Å². The van der Waals surface area contributed by atoms with Gasteiger partial charge in [-0.25, -0.2) is 22.8 Å². The summed E-state index contributed by atoms with van der Waals surface area (Å²) in [6.07, 6.45) is 0.508. The standard InChI is InChI=1S/C23H25F5N2O8/c1-23(2,3)38-22(34)29(7-8-36-10-9-35-4)11-12(30-13(31)5-6-14(30)32)21(33)37-20-18(27)16(25)15(24)17(26)19(20)28/h5-6,12H,7-11H2,1-4H3. The van der Waals surface area contributed by atoms with E-state index in [0.29, 0.717) is 4.90 Å². The van der Waals surface area contributed by atoms with Crippen molar-refractivity contribution in [3.63, 3.8) is 0 Å². The van der Waals surface area contributed by atoms with E-state index in [1.165, 1.54) is 27.9 Å². The lowest BCUT2D eigenvalue weighted by Crippen LogP contribution is -2.54. The maximum absolute atomic E-state index is 14.1. The van der Waals surface area contributed by atoms with Crippen molar-refractivity contribution in [1.82, 2.24) is 9.80 Å². The highest BCUT2D eigenvalue weighted by atomic mass is 19.2. The van der Waals surface area contributed by atoms with E-state index in [2.05, 4.69) is 4.74 Å². The van der Waals surface area contributed by atoms with Crippen LogP contribution in [0.4, 0.5) is 26.7 Å². The molecule has 3 amide bonds. The van der Waals surface area contributed by atoms with Crippen LogP contribution in [-0.2, 0) is 28.6 Å². The molecule has 2 rings (SSSR count). The van der Waals surface area contributed by atoms with E-state index in [1.807, 2.05) is 0 Å². The number of nitrogens with zero attached hydrogens (tertiary/aromatic N) is 2. The minimum atomic E-state index is -2.49. The molecule has 210 valence electrons. The molecule has 1 aromatic carbocycles. The van der Waals surface area contributed by atoms with Gasteiger partial charge in [-0.15, -0.1) is 0 Å². The molecule has 15 heteroatoms. The summed E-state index contributed by atoms with van der Waals surface area (Å²) in [5.74, 6) is -18.0. The smallest absolute Gasteiger partial charge is 0.410 e. The molecule has 38 heavy (non-hydrogen) atoms. The molecule has 1 aliphatic heterocycles. The number of carbonyl (C=O) groups excluding carboxylic acids is 4. The summed E-state index contributed by atoms with van der Waals surface area (Å²) >= 11 is 0. The predicted molar refractivity (Wildman–Crippen MR) is 117 cm³/mol. The van der Waals surface area contributed by atoms with Crippen molar-refractivity contribution in [2.45, 2.75) is 32.4 Å². The molecule has 1 heterocycles. The van der Waals surface area contributed by atoms with Crippen molar-refractivity contribution in [2.24, 2.45) is 0 Å². The first-order chi connectivity index (χ1) is 17.7. The summed E-state index contributed by atoms with van der Waals surface area (Å²) in [6, 6.07) is -2.08. The van der Waals surface area contributed by atoms with Crippen molar-refractivity contribution in [1.29, 1.82) is 0 Å². The second-order valence-corrected chi connectivity index (χ2v) is 8.75. The number of imide groups is 1. The van der Waals surface area contributed by atoms with Gasteiger partial charge in [0.15, 0.2) is 6.04 Å². The predicted octanol–water partition coefficient (Wildman–Crippen LogP) is 2.48. The van der Waals surface area contributed by atoms with E-state index in [-0.39, 0.29) is 26.4 Å². The van der Waals surface area contributed by atoms with E-state index in [4.69, 9.17) is 14.2 Å². The van der Waals surface area contributed by atoms with Crippen LogP contribution >= 0.6 is 0 Å². The average Bonchev–Trinajstić information content (AvgIpc) is 3.17. The van der Waals surface area contributed by atoms with Crippen LogP contribution in [0.2, 0.25) is 0 Å². The number of esters is 1. The minimum Gasteiger partial charge on any atom is -0.444 e. The van der Waals surface area contributed by atoms with E-state index in [1.54, 1.807) is 0 Å². The molecule has 0 fully saturated rings. The Morgan fingerprint density at radius 2 is 1.42 bits per heavy atom. The number of halogens is 5. The topological polar surface area (TPSA) is 112 Å². The van der Waals surface area contributed by atoms with Gasteiger partial charge in [-0.2, -0.15) is 8.78 Å². The van der Waals surface area contributed by atoms with Gasteiger partial charge < -0.3 is 23.8 Å². The number of hydrogen-bond donors (Lipinski definition) is 0. The summed E-state index contributed by atoms with van der Waals surface area (Å²) in [7, 11) is 1.43. The Kier molecular flexibility index (Phi) is 10.3. The Morgan fingerprint density at radius 1 is 0.895 bits per heavy atom. The normalized spacial score (nSPS) is 14.2. The van der Waals surface area contributed by atoms with E-state index in [9.17, 15) is 41.1 Å². The molecule has 0 N–H and O–H groups in total. The SMILES string of the molecule is COCCOCCN(CC(C(=O)Oc1c(F)c(F)c(F)c(F)c1F)N1C(=O)C=CC1=O)C(=O)OC(C)(C)C. The Labute approximate surface area is 213 Å². The summed E-state index contributed by atoms with van der Waals surface area (Å²) in [5, 5.41) is 0. The monoisotopic (exact) mass is 552 g/mol. The second kappa shape index (κ2) is 12.8. The van der Waals surface area contributed by atoms with Gasteiger partial charge in [0.2, 0.25) is 34.8 Å². The maximum Gasteiger partial charge on any atom is 0.410 e. The fourth-order valence-electron chi connectivity index (χ4n) is 3.03. The highest BCUT2D eigenvalue weighted by molar-refractivity contribution is 6.15. The summed E-state index contributed by atoms with van der Waals surface area (Å²) in [5.41, 5.74) is -1.03. The third-order valence-electron chi connectivity index (χ3n) is 4.78. The molecule has 1 unspecified atom stereocenters. The first-order valence-electron chi connectivity index (χ1n) is 11.0. The van der Waals surface area contributed by atoms with Crippen molar-refractivity contribution in [2.75, 3.05) is 40.0 Å². The van der Waals surface area contributed by atoms with Gasteiger partial charge in [-0.1, -0.05) is 0 Å². The molecule has 0 saturated carbocycles. The zero-order valence-corrected chi connectivity index (χ0v) is 20.8. The van der Waals surface area contributed by atoms with Crippen LogP contribution in [0.3, 0.4) is 0 Å². The molecule has 0 bridgehead atoms. The molecule has 10 nitrogen and oxygen atoms in total. The molecule has 0 radical (unpaired) electrons. The second-order valence-electron chi connectivity index (χ2n) is 8.75. The number of ether oxygens (including phenoxy) is 4. The van der Waals surface area contributed by atoms with Gasteiger partial charge in [0.05, 0.1) is 26.4 Å². The average molecular weight is 552 g/mol. The Bertz CT molecular complexity index is 1080. The molecule has 0 saturated heterocycles. The molecular weight excluding hydrogens is 527 g/mol. The van der Waals surface area contributed by atoms with Crippen LogP contribution in [0.15, 0.2) is 12.2 Å². The van der Waals surface area contributed by atoms with E-state index >= 15 is 0 Å². The first kappa shape index (κ1) is 30.6. The zero-order chi connectivity index (χ0) is 28.8. The van der Waals surface area contributed by atoms with Gasteiger partial charge in [-0.05, 0) is 20.8 Å². The lowest BCUT2D eigenvalue weighted by Gasteiger charge is -2.32. The number of carbonyl (C=O) groups is 4.